The van der Waals surface area contributed by atoms with Crippen LogP contribution < -0.4 is 9.62 Å². The minimum Gasteiger partial charge on any atom is -0.481 e. The molecular formula is C26H27F3N4O4S. The molecule has 0 spiro atoms. The monoisotopic (exact) mass is 548 g/mol. The van der Waals surface area contributed by atoms with Crippen molar-refractivity contribution in [3.05, 3.63) is 65.7 Å². The van der Waals surface area contributed by atoms with Gasteiger partial charge in [-0.1, -0.05) is 37.3 Å². The van der Waals surface area contributed by atoms with Crippen LogP contribution in [0.3, 0.4) is 0 Å². The van der Waals surface area contributed by atoms with E-state index in [2.05, 4.69) is 14.7 Å². The zero-order chi connectivity index (χ0) is 27.7. The molecule has 3 aromatic rings. The fourth-order valence-electron chi connectivity index (χ4n) is 4.65. The maximum absolute atomic E-state index is 13.7. The number of nitrogens with zero attached hydrogens (tertiary/aromatic N) is 3. The Hall–Kier alpha value is -3.67. The van der Waals surface area contributed by atoms with Crippen LogP contribution in [-0.4, -0.2) is 42.6 Å². The Morgan fingerprint density at radius 2 is 1.84 bits per heavy atom. The third kappa shape index (κ3) is 5.45. The number of benzene rings is 1. The summed E-state index contributed by atoms with van der Waals surface area (Å²) in [5.41, 5.74) is -1.56. The molecule has 2 N–H and O–H groups in total. The van der Waals surface area contributed by atoms with E-state index in [1.807, 2.05) is 0 Å². The SMILES string of the molecule is CCC1(C(=O)O)CCCN(c2cccc(S(=O)(=O)Nc3ccc(C(F)(F)F)c(-c4ccccc4C)n3)n2)C1. The van der Waals surface area contributed by atoms with Gasteiger partial charge in [0.15, 0.2) is 5.03 Å². The second kappa shape index (κ2) is 10.2. The van der Waals surface area contributed by atoms with Gasteiger partial charge in [-0.2, -0.15) is 21.6 Å². The number of aliphatic carboxylic acids is 1. The number of pyridine rings is 2. The van der Waals surface area contributed by atoms with Crippen molar-refractivity contribution in [1.82, 2.24) is 9.97 Å². The van der Waals surface area contributed by atoms with E-state index < -0.39 is 38.8 Å². The zero-order valence-corrected chi connectivity index (χ0v) is 21.6. The molecule has 12 heteroatoms. The molecule has 1 saturated heterocycles. The van der Waals surface area contributed by atoms with Gasteiger partial charge in [0.1, 0.15) is 11.6 Å². The van der Waals surface area contributed by atoms with Crippen LogP contribution in [0.4, 0.5) is 24.8 Å². The lowest BCUT2D eigenvalue weighted by atomic mass is 9.77. The van der Waals surface area contributed by atoms with Crippen LogP contribution in [0.1, 0.15) is 37.3 Å². The Morgan fingerprint density at radius 1 is 1.11 bits per heavy atom. The van der Waals surface area contributed by atoms with Crippen molar-refractivity contribution in [3.63, 3.8) is 0 Å². The Morgan fingerprint density at radius 3 is 2.50 bits per heavy atom. The highest BCUT2D eigenvalue weighted by Gasteiger charge is 2.41. The molecular weight excluding hydrogens is 521 g/mol. The lowest BCUT2D eigenvalue weighted by Gasteiger charge is -2.40. The molecule has 1 atom stereocenters. The molecule has 0 amide bonds. The van der Waals surface area contributed by atoms with Gasteiger partial charge in [-0.25, -0.2) is 9.97 Å². The summed E-state index contributed by atoms with van der Waals surface area (Å²) in [5.74, 6) is -0.905. The number of aryl methyl sites for hydroxylation is 1. The molecule has 1 aromatic carbocycles. The second-order valence-corrected chi connectivity index (χ2v) is 10.9. The normalized spacial score (nSPS) is 18.3. The summed E-state index contributed by atoms with van der Waals surface area (Å²) in [6.45, 7) is 4.14. The minimum absolute atomic E-state index is 0.184. The number of aromatic nitrogens is 2. The van der Waals surface area contributed by atoms with Gasteiger partial charge in [-0.05, 0) is 56.0 Å². The van der Waals surface area contributed by atoms with Gasteiger partial charge in [0.2, 0.25) is 0 Å². The third-order valence-corrected chi connectivity index (χ3v) is 8.11. The first kappa shape index (κ1) is 27.4. The van der Waals surface area contributed by atoms with Crippen LogP contribution in [-0.2, 0) is 21.0 Å². The van der Waals surface area contributed by atoms with Crippen LogP contribution in [0.2, 0.25) is 0 Å². The van der Waals surface area contributed by atoms with Crippen LogP contribution in [0, 0.1) is 12.3 Å². The molecule has 0 bridgehead atoms. The van der Waals surface area contributed by atoms with Crippen molar-refractivity contribution < 1.29 is 31.5 Å². The van der Waals surface area contributed by atoms with E-state index in [1.54, 1.807) is 43.0 Å². The van der Waals surface area contributed by atoms with Gasteiger partial charge in [-0.15, -0.1) is 0 Å². The smallest absolute Gasteiger partial charge is 0.418 e. The summed E-state index contributed by atoms with van der Waals surface area (Å²) in [6.07, 6.45) is -3.16. The number of carbonyl (C=O) groups is 1. The van der Waals surface area contributed by atoms with E-state index in [-0.39, 0.29) is 23.0 Å². The Bertz CT molecular complexity index is 1460. The van der Waals surface area contributed by atoms with Crippen molar-refractivity contribution in [2.45, 2.75) is 44.3 Å². The Labute approximate surface area is 218 Å². The first-order valence-corrected chi connectivity index (χ1v) is 13.5. The highest BCUT2D eigenvalue weighted by Crippen LogP contribution is 2.38. The average Bonchev–Trinajstić information content (AvgIpc) is 2.88. The number of rotatable bonds is 7. The predicted octanol–water partition coefficient (Wildman–Crippen LogP) is 5.35. The number of halogens is 3. The standard InChI is InChI=1S/C26H27F3N4O4S/c1-3-25(24(34)35)14-7-15-33(16-25)21-10-6-11-22(31-21)38(36,37)32-20-13-12-19(26(27,28)29)23(30-20)18-9-5-4-8-17(18)2/h4-6,8-13H,3,7,14-16H2,1-2H3,(H,30,32)(H,34,35). The van der Waals surface area contributed by atoms with Gasteiger partial charge >= 0.3 is 12.1 Å². The summed E-state index contributed by atoms with van der Waals surface area (Å²) in [6, 6.07) is 12.5. The number of hydrogen-bond donors (Lipinski definition) is 2. The lowest BCUT2D eigenvalue weighted by Crippen LogP contribution is -2.48. The number of carboxylic acid groups (broad SMARTS) is 1. The summed E-state index contributed by atoms with van der Waals surface area (Å²) in [5, 5.41) is 9.40. The fraction of sp³-hybridized carbons (Fsp3) is 0.346. The molecule has 0 radical (unpaired) electrons. The van der Waals surface area contributed by atoms with Crippen LogP contribution >= 0.6 is 0 Å². The first-order valence-electron chi connectivity index (χ1n) is 12.0. The van der Waals surface area contributed by atoms with Gasteiger partial charge in [0.25, 0.3) is 10.0 Å². The zero-order valence-electron chi connectivity index (χ0n) is 20.8. The lowest BCUT2D eigenvalue weighted by molar-refractivity contribution is -0.149. The number of nitrogens with one attached hydrogen (secondary N) is 1. The van der Waals surface area contributed by atoms with Gasteiger partial charge in [0, 0.05) is 18.7 Å². The van der Waals surface area contributed by atoms with Crippen molar-refractivity contribution in [2.24, 2.45) is 5.41 Å². The van der Waals surface area contributed by atoms with E-state index in [0.717, 1.165) is 12.1 Å². The van der Waals surface area contributed by atoms with Crippen molar-refractivity contribution in [2.75, 3.05) is 22.7 Å². The summed E-state index contributed by atoms with van der Waals surface area (Å²) < 4.78 is 69.8. The first-order chi connectivity index (χ1) is 17.9. The molecule has 8 nitrogen and oxygen atoms in total. The molecule has 1 aliphatic rings. The van der Waals surface area contributed by atoms with Crippen LogP contribution in [0.15, 0.2) is 59.6 Å². The van der Waals surface area contributed by atoms with Crippen LogP contribution in [0.5, 0.6) is 0 Å². The van der Waals surface area contributed by atoms with Gasteiger partial charge < -0.3 is 10.0 Å². The average molecular weight is 549 g/mol. The maximum atomic E-state index is 13.7. The van der Waals surface area contributed by atoms with Crippen molar-refractivity contribution in [3.8, 4) is 11.3 Å². The maximum Gasteiger partial charge on any atom is 0.418 e. The number of piperidine rings is 1. The van der Waals surface area contributed by atoms with Gasteiger partial charge in [-0.3, -0.25) is 9.52 Å². The highest BCUT2D eigenvalue weighted by molar-refractivity contribution is 7.92. The molecule has 2 aromatic heterocycles. The summed E-state index contributed by atoms with van der Waals surface area (Å²) >= 11 is 0. The number of hydrogen-bond acceptors (Lipinski definition) is 6. The van der Waals surface area contributed by atoms with Crippen molar-refractivity contribution >= 4 is 27.6 Å². The number of alkyl halides is 3. The Balaban J connectivity index is 1.66. The van der Waals surface area contributed by atoms with E-state index in [0.29, 0.717) is 37.2 Å². The fourth-order valence-corrected chi connectivity index (χ4v) is 5.62. The van der Waals surface area contributed by atoms with Crippen molar-refractivity contribution in [1.29, 1.82) is 0 Å². The quantitative estimate of drug-likeness (QED) is 0.409. The summed E-state index contributed by atoms with van der Waals surface area (Å²) in [7, 11) is -4.33. The number of carboxylic acids is 1. The second-order valence-electron chi connectivity index (χ2n) is 9.31. The van der Waals surface area contributed by atoms with E-state index in [9.17, 15) is 31.5 Å². The molecule has 202 valence electrons. The molecule has 38 heavy (non-hydrogen) atoms. The molecule has 4 rings (SSSR count). The molecule has 1 aliphatic heterocycles. The van der Waals surface area contributed by atoms with E-state index in [4.69, 9.17) is 0 Å². The molecule has 1 fully saturated rings. The number of sulfonamides is 1. The van der Waals surface area contributed by atoms with E-state index in [1.165, 1.54) is 18.2 Å². The molecule has 0 saturated carbocycles. The number of anilines is 2. The Kier molecular flexibility index (Phi) is 7.37. The third-order valence-electron chi connectivity index (χ3n) is 6.86. The minimum atomic E-state index is -4.70. The largest absolute Gasteiger partial charge is 0.481 e. The highest BCUT2D eigenvalue weighted by atomic mass is 32.2. The molecule has 3 heterocycles. The molecule has 0 aliphatic carbocycles. The topological polar surface area (TPSA) is 112 Å². The van der Waals surface area contributed by atoms with E-state index >= 15 is 0 Å². The molecule has 1 unspecified atom stereocenters. The summed E-state index contributed by atoms with van der Waals surface area (Å²) in [4.78, 5) is 21.9. The van der Waals surface area contributed by atoms with Gasteiger partial charge in [0.05, 0.1) is 16.7 Å². The van der Waals surface area contributed by atoms with Crippen LogP contribution in [0.25, 0.3) is 11.3 Å². The predicted molar refractivity (Wildman–Crippen MR) is 136 cm³/mol.